The average Bonchev–Trinajstić information content (AvgIpc) is 2.18. The van der Waals surface area contributed by atoms with Crippen LogP contribution in [0.1, 0.15) is 5.56 Å². The second kappa shape index (κ2) is 5.49. The molecular weight excluding hydrogens is 260 g/mol. The zero-order chi connectivity index (χ0) is 11.3. The number of hydrogen-bond donors (Lipinski definition) is 1. The average molecular weight is 269 g/mol. The molecular formula is C10H9BrN2O2. The Kier molecular flexibility index (Phi) is 4.28. The van der Waals surface area contributed by atoms with Crippen molar-refractivity contribution in [2.75, 3.05) is 6.54 Å². The van der Waals surface area contributed by atoms with Crippen LogP contribution in [0.4, 0.5) is 5.69 Å². The van der Waals surface area contributed by atoms with Gasteiger partial charge in [-0.1, -0.05) is 21.9 Å². The molecule has 0 amide bonds. The van der Waals surface area contributed by atoms with Crippen LogP contribution in [0.2, 0.25) is 0 Å². The molecule has 5 heteroatoms. The van der Waals surface area contributed by atoms with Crippen molar-refractivity contribution in [2.45, 2.75) is 6.54 Å². The van der Waals surface area contributed by atoms with E-state index in [9.17, 15) is 10.1 Å². The minimum atomic E-state index is -0.403. The summed E-state index contributed by atoms with van der Waals surface area (Å²) in [5, 5.41) is 13.6. The maximum atomic E-state index is 10.7. The lowest BCUT2D eigenvalue weighted by atomic mass is 10.2. The van der Waals surface area contributed by atoms with E-state index in [1.165, 1.54) is 6.07 Å². The summed E-state index contributed by atoms with van der Waals surface area (Å²) in [6, 6.07) is 4.82. The van der Waals surface area contributed by atoms with Crippen molar-refractivity contribution in [2.24, 2.45) is 0 Å². The topological polar surface area (TPSA) is 55.2 Å². The Bertz CT molecular complexity index is 412. The maximum absolute atomic E-state index is 10.7. The molecule has 1 N–H and O–H groups in total. The van der Waals surface area contributed by atoms with Crippen molar-refractivity contribution < 1.29 is 4.92 Å². The van der Waals surface area contributed by atoms with Crippen LogP contribution in [0.25, 0.3) is 0 Å². The Morgan fingerprint density at radius 2 is 2.33 bits per heavy atom. The maximum Gasteiger partial charge on any atom is 0.273 e. The van der Waals surface area contributed by atoms with E-state index in [1.54, 1.807) is 12.1 Å². The SMILES string of the molecule is C#CCNCc1cc(Br)ccc1[N+](=O)[O-]. The number of rotatable bonds is 4. The van der Waals surface area contributed by atoms with Gasteiger partial charge in [0.15, 0.2) is 0 Å². The number of benzene rings is 1. The summed E-state index contributed by atoms with van der Waals surface area (Å²) in [5.74, 6) is 2.41. The lowest BCUT2D eigenvalue weighted by Gasteiger charge is -2.03. The number of nitro benzene ring substituents is 1. The van der Waals surface area contributed by atoms with Crippen LogP contribution in [-0.2, 0) is 6.54 Å². The van der Waals surface area contributed by atoms with Crippen LogP contribution in [0.5, 0.6) is 0 Å². The molecule has 1 aromatic rings. The molecule has 0 spiro atoms. The molecule has 0 unspecified atom stereocenters. The third kappa shape index (κ3) is 3.35. The van der Waals surface area contributed by atoms with Crippen molar-refractivity contribution in [1.29, 1.82) is 0 Å². The second-order valence-corrected chi connectivity index (χ2v) is 3.75. The highest BCUT2D eigenvalue weighted by Crippen LogP contribution is 2.22. The first-order valence-corrected chi connectivity index (χ1v) is 5.01. The van der Waals surface area contributed by atoms with E-state index < -0.39 is 4.92 Å². The first kappa shape index (κ1) is 11.7. The van der Waals surface area contributed by atoms with Gasteiger partial charge in [-0.25, -0.2) is 0 Å². The van der Waals surface area contributed by atoms with E-state index in [-0.39, 0.29) is 5.69 Å². The van der Waals surface area contributed by atoms with Crippen molar-refractivity contribution in [3.63, 3.8) is 0 Å². The van der Waals surface area contributed by atoms with Gasteiger partial charge in [-0.2, -0.15) is 0 Å². The van der Waals surface area contributed by atoms with Gasteiger partial charge in [0.25, 0.3) is 5.69 Å². The number of nitrogens with one attached hydrogen (secondary N) is 1. The zero-order valence-corrected chi connectivity index (χ0v) is 9.45. The van der Waals surface area contributed by atoms with Gasteiger partial charge in [-0.3, -0.25) is 10.1 Å². The highest BCUT2D eigenvalue weighted by molar-refractivity contribution is 9.10. The third-order valence-corrected chi connectivity index (χ3v) is 2.27. The van der Waals surface area contributed by atoms with Gasteiger partial charge in [-0.15, -0.1) is 6.42 Å². The van der Waals surface area contributed by atoms with Crippen LogP contribution in [0, 0.1) is 22.5 Å². The Labute approximate surface area is 96.0 Å². The Morgan fingerprint density at radius 3 is 2.93 bits per heavy atom. The van der Waals surface area contributed by atoms with Gasteiger partial charge in [0, 0.05) is 22.6 Å². The van der Waals surface area contributed by atoms with E-state index in [4.69, 9.17) is 6.42 Å². The van der Waals surface area contributed by atoms with Crippen molar-refractivity contribution >= 4 is 21.6 Å². The molecule has 4 nitrogen and oxygen atoms in total. The van der Waals surface area contributed by atoms with Gasteiger partial charge < -0.3 is 5.32 Å². The van der Waals surface area contributed by atoms with E-state index in [0.29, 0.717) is 18.7 Å². The summed E-state index contributed by atoms with van der Waals surface area (Å²) in [4.78, 5) is 10.3. The summed E-state index contributed by atoms with van der Waals surface area (Å²) in [7, 11) is 0. The van der Waals surface area contributed by atoms with Gasteiger partial charge in [0.1, 0.15) is 0 Å². The molecule has 0 aliphatic heterocycles. The van der Waals surface area contributed by atoms with E-state index in [0.717, 1.165) is 4.47 Å². The van der Waals surface area contributed by atoms with Gasteiger partial charge in [-0.05, 0) is 12.1 Å². The third-order valence-electron chi connectivity index (χ3n) is 1.78. The van der Waals surface area contributed by atoms with Crippen LogP contribution in [-0.4, -0.2) is 11.5 Å². The summed E-state index contributed by atoms with van der Waals surface area (Å²) in [6.07, 6.45) is 5.06. The first-order valence-electron chi connectivity index (χ1n) is 4.22. The molecule has 0 aliphatic carbocycles. The van der Waals surface area contributed by atoms with Crippen molar-refractivity contribution in [1.82, 2.24) is 5.32 Å². The van der Waals surface area contributed by atoms with Crippen molar-refractivity contribution in [3.05, 3.63) is 38.3 Å². The summed E-state index contributed by atoms with van der Waals surface area (Å²) in [5.41, 5.74) is 0.715. The van der Waals surface area contributed by atoms with Crippen LogP contribution < -0.4 is 5.32 Å². The summed E-state index contributed by atoms with van der Waals surface area (Å²) in [6.45, 7) is 0.781. The monoisotopic (exact) mass is 268 g/mol. The largest absolute Gasteiger partial charge is 0.302 e. The molecule has 0 radical (unpaired) electrons. The molecule has 0 saturated heterocycles. The van der Waals surface area contributed by atoms with Gasteiger partial charge >= 0.3 is 0 Å². The van der Waals surface area contributed by atoms with E-state index >= 15 is 0 Å². The Balaban J connectivity index is 2.88. The number of nitro groups is 1. The summed E-state index contributed by atoms with van der Waals surface area (Å²) >= 11 is 3.26. The van der Waals surface area contributed by atoms with Crippen molar-refractivity contribution in [3.8, 4) is 12.3 Å². The molecule has 0 atom stereocenters. The highest BCUT2D eigenvalue weighted by Gasteiger charge is 2.12. The van der Waals surface area contributed by atoms with Gasteiger partial charge in [0.05, 0.1) is 11.5 Å². The Morgan fingerprint density at radius 1 is 1.60 bits per heavy atom. The fourth-order valence-corrected chi connectivity index (χ4v) is 1.55. The normalized spacial score (nSPS) is 9.60. The molecule has 0 bridgehead atoms. The highest BCUT2D eigenvalue weighted by atomic mass is 79.9. The number of hydrogen-bond acceptors (Lipinski definition) is 3. The van der Waals surface area contributed by atoms with Crippen LogP contribution in [0.15, 0.2) is 22.7 Å². The fourth-order valence-electron chi connectivity index (χ4n) is 1.14. The molecule has 0 fully saturated rings. The fraction of sp³-hybridized carbons (Fsp3) is 0.200. The quantitative estimate of drug-likeness (QED) is 0.394. The second-order valence-electron chi connectivity index (χ2n) is 2.84. The smallest absolute Gasteiger partial charge is 0.273 e. The zero-order valence-electron chi connectivity index (χ0n) is 7.87. The predicted octanol–water partition coefficient (Wildman–Crippen LogP) is 2.08. The molecule has 78 valence electrons. The molecule has 0 heterocycles. The lowest BCUT2D eigenvalue weighted by molar-refractivity contribution is -0.385. The van der Waals surface area contributed by atoms with Crippen LogP contribution in [0.3, 0.4) is 0 Å². The first-order chi connectivity index (χ1) is 7.15. The molecule has 0 aromatic heterocycles. The molecule has 0 aliphatic rings. The number of nitrogens with zero attached hydrogens (tertiary/aromatic N) is 1. The molecule has 1 rings (SSSR count). The summed E-state index contributed by atoms with van der Waals surface area (Å²) < 4.78 is 0.811. The standard InChI is InChI=1S/C10H9BrN2O2/c1-2-5-12-7-8-6-9(11)3-4-10(8)13(14)15/h1,3-4,6,12H,5,7H2. The van der Waals surface area contributed by atoms with E-state index in [1.807, 2.05) is 0 Å². The van der Waals surface area contributed by atoms with Gasteiger partial charge in [0.2, 0.25) is 0 Å². The number of terminal acetylenes is 1. The lowest BCUT2D eigenvalue weighted by Crippen LogP contribution is -2.14. The van der Waals surface area contributed by atoms with E-state index in [2.05, 4.69) is 27.2 Å². The predicted molar refractivity (Wildman–Crippen MR) is 61.3 cm³/mol. The Hall–Kier alpha value is -1.38. The number of halogens is 1. The minimum Gasteiger partial charge on any atom is -0.302 e. The minimum absolute atomic E-state index is 0.0997. The molecule has 0 saturated carbocycles. The molecule has 15 heavy (non-hydrogen) atoms. The van der Waals surface area contributed by atoms with Crippen LogP contribution >= 0.6 is 15.9 Å². The molecule has 1 aromatic carbocycles.